The molecule has 1 unspecified atom stereocenters. The number of aryl methyl sites for hydroxylation is 1. The van der Waals surface area contributed by atoms with Crippen LogP contribution in [-0.2, 0) is 0 Å². The van der Waals surface area contributed by atoms with E-state index in [1.54, 1.807) is 0 Å². The largest absolute Gasteiger partial charge is 0.313 e. The molecule has 2 nitrogen and oxygen atoms in total. The Morgan fingerprint density at radius 2 is 1.93 bits per heavy atom. The fourth-order valence-electron chi connectivity index (χ4n) is 1.84. The summed E-state index contributed by atoms with van der Waals surface area (Å²) >= 11 is 0. The quantitative estimate of drug-likeness (QED) is 0.779. The van der Waals surface area contributed by atoms with Gasteiger partial charge in [-0.3, -0.25) is 4.98 Å². The molecule has 78 valence electrons. The van der Waals surface area contributed by atoms with Crippen molar-refractivity contribution < 1.29 is 0 Å². The van der Waals surface area contributed by atoms with Crippen molar-refractivity contribution in [1.82, 2.24) is 10.3 Å². The molecule has 0 aliphatic carbocycles. The third-order valence-electron chi connectivity index (χ3n) is 2.38. The number of nitrogens with zero attached hydrogens (tertiary/aromatic N) is 1. The fraction of sp³-hybridized carbons (Fsp3) is 0.583. The molecule has 2 heteroatoms. The van der Waals surface area contributed by atoms with E-state index < -0.39 is 0 Å². The lowest BCUT2D eigenvalue weighted by Gasteiger charge is -2.30. The molecule has 0 amide bonds. The Morgan fingerprint density at radius 3 is 2.36 bits per heavy atom. The predicted molar refractivity (Wildman–Crippen MR) is 60.2 cm³/mol. The summed E-state index contributed by atoms with van der Waals surface area (Å²) in [5.74, 6) is 0. The average Bonchev–Trinajstić information content (AvgIpc) is 2.02. The van der Waals surface area contributed by atoms with E-state index in [1.807, 2.05) is 19.4 Å². The molecule has 0 aliphatic heterocycles. The van der Waals surface area contributed by atoms with Gasteiger partial charge in [0.1, 0.15) is 0 Å². The molecule has 1 heterocycles. The second-order valence-corrected chi connectivity index (χ2v) is 4.88. The van der Waals surface area contributed by atoms with E-state index in [2.05, 4.69) is 44.1 Å². The van der Waals surface area contributed by atoms with Crippen LogP contribution in [-0.4, -0.2) is 12.0 Å². The minimum atomic E-state index is 0.213. The smallest absolute Gasteiger partial charge is 0.0382 e. The number of hydrogen-bond acceptors (Lipinski definition) is 2. The Morgan fingerprint density at radius 1 is 1.29 bits per heavy atom. The standard InChI is InChI=1S/C12H20N2/c1-9-6-10(8-14-7-9)11(13-5)12(2,3)4/h6-8,11,13H,1-5H3. The second kappa shape index (κ2) is 4.09. The maximum Gasteiger partial charge on any atom is 0.0382 e. The highest BCUT2D eigenvalue weighted by molar-refractivity contribution is 5.21. The Bertz CT molecular complexity index is 299. The summed E-state index contributed by atoms with van der Waals surface area (Å²) in [5, 5.41) is 3.35. The first-order valence-corrected chi connectivity index (χ1v) is 5.04. The molecule has 14 heavy (non-hydrogen) atoms. The molecule has 0 saturated carbocycles. The number of aromatic nitrogens is 1. The molecule has 0 spiro atoms. The van der Waals surface area contributed by atoms with Crippen LogP contribution in [0.2, 0.25) is 0 Å². The van der Waals surface area contributed by atoms with Crippen molar-refractivity contribution >= 4 is 0 Å². The van der Waals surface area contributed by atoms with Crippen LogP contribution < -0.4 is 5.32 Å². The van der Waals surface area contributed by atoms with E-state index in [0.717, 1.165) is 0 Å². The highest BCUT2D eigenvalue weighted by Crippen LogP contribution is 2.31. The number of pyridine rings is 1. The van der Waals surface area contributed by atoms with Crippen LogP contribution in [0.5, 0.6) is 0 Å². The summed E-state index contributed by atoms with van der Waals surface area (Å²) in [6, 6.07) is 2.55. The van der Waals surface area contributed by atoms with Gasteiger partial charge >= 0.3 is 0 Å². The van der Waals surface area contributed by atoms with Gasteiger partial charge in [0.2, 0.25) is 0 Å². The van der Waals surface area contributed by atoms with Crippen LogP contribution in [0.1, 0.15) is 37.9 Å². The van der Waals surface area contributed by atoms with Crippen molar-refractivity contribution in [3.8, 4) is 0 Å². The zero-order valence-electron chi connectivity index (χ0n) is 9.76. The molecule has 0 aliphatic rings. The third-order valence-corrected chi connectivity index (χ3v) is 2.38. The zero-order chi connectivity index (χ0) is 10.8. The Balaban J connectivity index is 3.01. The van der Waals surface area contributed by atoms with Gasteiger partial charge in [-0.25, -0.2) is 0 Å². The summed E-state index contributed by atoms with van der Waals surface area (Å²) in [5.41, 5.74) is 2.69. The molecule has 1 aromatic heterocycles. The van der Waals surface area contributed by atoms with Gasteiger partial charge in [0.05, 0.1) is 0 Å². The number of hydrogen-bond donors (Lipinski definition) is 1. The van der Waals surface area contributed by atoms with Crippen molar-refractivity contribution in [2.24, 2.45) is 5.41 Å². The van der Waals surface area contributed by atoms with Crippen LogP contribution in [0.25, 0.3) is 0 Å². The maximum absolute atomic E-state index is 4.23. The van der Waals surface area contributed by atoms with E-state index in [1.165, 1.54) is 11.1 Å². The summed E-state index contributed by atoms with van der Waals surface area (Å²) in [4.78, 5) is 4.23. The van der Waals surface area contributed by atoms with E-state index in [0.29, 0.717) is 6.04 Å². The summed E-state index contributed by atoms with van der Waals surface area (Å²) in [7, 11) is 2.00. The van der Waals surface area contributed by atoms with Gasteiger partial charge in [-0.1, -0.05) is 26.8 Å². The van der Waals surface area contributed by atoms with Crippen LogP contribution in [0.15, 0.2) is 18.5 Å². The fourth-order valence-corrected chi connectivity index (χ4v) is 1.84. The second-order valence-electron chi connectivity index (χ2n) is 4.88. The first-order chi connectivity index (χ1) is 6.45. The van der Waals surface area contributed by atoms with Gasteiger partial charge < -0.3 is 5.32 Å². The SMILES string of the molecule is CNC(c1cncc(C)c1)C(C)(C)C. The van der Waals surface area contributed by atoms with Gasteiger partial charge in [0.15, 0.2) is 0 Å². The lowest BCUT2D eigenvalue weighted by atomic mass is 9.83. The molecule has 0 bridgehead atoms. The lowest BCUT2D eigenvalue weighted by Crippen LogP contribution is -2.29. The molecule has 1 aromatic rings. The topological polar surface area (TPSA) is 24.9 Å². The Kier molecular flexibility index (Phi) is 3.27. The van der Waals surface area contributed by atoms with E-state index >= 15 is 0 Å². The van der Waals surface area contributed by atoms with Crippen molar-refractivity contribution in [2.45, 2.75) is 33.7 Å². The minimum absolute atomic E-state index is 0.213. The van der Waals surface area contributed by atoms with Gasteiger partial charge in [0, 0.05) is 18.4 Å². The summed E-state index contributed by atoms with van der Waals surface area (Å²) < 4.78 is 0. The highest BCUT2D eigenvalue weighted by atomic mass is 14.9. The van der Waals surface area contributed by atoms with Crippen molar-refractivity contribution in [3.05, 3.63) is 29.6 Å². The van der Waals surface area contributed by atoms with Crippen molar-refractivity contribution in [2.75, 3.05) is 7.05 Å². The van der Waals surface area contributed by atoms with E-state index in [-0.39, 0.29) is 5.41 Å². The number of rotatable bonds is 2. The molecular formula is C12H20N2. The van der Waals surface area contributed by atoms with Crippen LogP contribution >= 0.6 is 0 Å². The molecule has 1 rings (SSSR count). The number of nitrogens with one attached hydrogen (secondary N) is 1. The van der Waals surface area contributed by atoms with Gasteiger partial charge in [0.25, 0.3) is 0 Å². The maximum atomic E-state index is 4.23. The molecule has 0 radical (unpaired) electrons. The molecule has 0 aromatic carbocycles. The summed E-state index contributed by atoms with van der Waals surface area (Å²) in [6.45, 7) is 8.77. The average molecular weight is 192 g/mol. The first-order valence-electron chi connectivity index (χ1n) is 5.04. The van der Waals surface area contributed by atoms with Gasteiger partial charge in [-0.05, 0) is 30.5 Å². The molecule has 1 atom stereocenters. The third kappa shape index (κ3) is 2.55. The van der Waals surface area contributed by atoms with Crippen LogP contribution in [0.4, 0.5) is 0 Å². The summed E-state index contributed by atoms with van der Waals surface area (Å²) in [6.07, 6.45) is 3.83. The first kappa shape index (κ1) is 11.2. The predicted octanol–water partition coefficient (Wildman–Crippen LogP) is 2.70. The zero-order valence-corrected chi connectivity index (χ0v) is 9.76. The molecule has 0 saturated heterocycles. The van der Waals surface area contributed by atoms with Crippen LogP contribution in [0, 0.1) is 12.3 Å². The van der Waals surface area contributed by atoms with Crippen molar-refractivity contribution in [3.63, 3.8) is 0 Å². The monoisotopic (exact) mass is 192 g/mol. The Hall–Kier alpha value is -0.890. The van der Waals surface area contributed by atoms with E-state index in [4.69, 9.17) is 0 Å². The van der Waals surface area contributed by atoms with Gasteiger partial charge in [-0.15, -0.1) is 0 Å². The van der Waals surface area contributed by atoms with Gasteiger partial charge in [-0.2, -0.15) is 0 Å². The van der Waals surface area contributed by atoms with E-state index in [9.17, 15) is 0 Å². The Labute approximate surface area is 86.8 Å². The highest BCUT2D eigenvalue weighted by Gasteiger charge is 2.24. The van der Waals surface area contributed by atoms with Crippen molar-refractivity contribution in [1.29, 1.82) is 0 Å². The molecular weight excluding hydrogens is 172 g/mol. The normalized spacial score (nSPS) is 14.1. The van der Waals surface area contributed by atoms with Crippen LogP contribution in [0.3, 0.4) is 0 Å². The molecule has 0 fully saturated rings. The lowest BCUT2D eigenvalue weighted by molar-refractivity contribution is 0.286. The minimum Gasteiger partial charge on any atom is -0.313 e. The molecule has 1 N–H and O–H groups in total.